The number of carbonyl (C=O) groups is 4. The molecule has 0 unspecified atom stereocenters. The van der Waals surface area contributed by atoms with Gasteiger partial charge >= 0.3 is 6.09 Å². The van der Waals surface area contributed by atoms with Crippen LogP contribution in [0.4, 0.5) is 4.79 Å². The number of imide groups is 1. The highest BCUT2D eigenvalue weighted by molar-refractivity contribution is 6.10. The van der Waals surface area contributed by atoms with Gasteiger partial charge in [0.05, 0.1) is 19.1 Å². The lowest BCUT2D eigenvalue weighted by Gasteiger charge is -2.36. The molecular weight excluding hydrogens is 390 g/mol. The van der Waals surface area contributed by atoms with Crippen LogP contribution >= 0.6 is 0 Å². The van der Waals surface area contributed by atoms with Gasteiger partial charge in [0.1, 0.15) is 5.75 Å². The molecule has 2 aliphatic heterocycles. The second kappa shape index (κ2) is 8.73. The van der Waals surface area contributed by atoms with Gasteiger partial charge in [0.25, 0.3) is 0 Å². The predicted molar refractivity (Wildman–Crippen MR) is 107 cm³/mol. The first-order valence-corrected chi connectivity index (χ1v) is 9.98. The average Bonchev–Trinajstić information content (AvgIpc) is 2.98. The third kappa shape index (κ3) is 3.83. The Kier molecular flexibility index (Phi) is 6.28. The molecule has 30 heavy (non-hydrogen) atoms. The van der Waals surface area contributed by atoms with E-state index in [1.807, 2.05) is 0 Å². The van der Waals surface area contributed by atoms with Gasteiger partial charge in [-0.05, 0) is 13.0 Å². The van der Waals surface area contributed by atoms with E-state index in [1.165, 1.54) is 14.2 Å². The maximum atomic E-state index is 13.2. The van der Waals surface area contributed by atoms with Gasteiger partial charge in [0.15, 0.2) is 0 Å². The summed E-state index contributed by atoms with van der Waals surface area (Å²) in [5, 5.41) is 0. The lowest BCUT2D eigenvalue weighted by atomic mass is 9.75. The second-order valence-electron chi connectivity index (χ2n) is 7.46. The molecule has 0 aromatic heterocycles. The van der Waals surface area contributed by atoms with Crippen molar-refractivity contribution in [1.29, 1.82) is 0 Å². The standard InChI is InChI=1S/C21H27N3O6/c1-4-30-20(28)24-11-9-23(10-12-24)18(26)14-21(13-17(25)22(2)19(21)27)15-7-5-6-8-16(15)29-3/h5-8H,4,9-14H2,1-3H3/t21-/m0/s1. The highest BCUT2D eigenvalue weighted by Crippen LogP contribution is 2.43. The lowest BCUT2D eigenvalue weighted by molar-refractivity contribution is -0.142. The Bertz CT molecular complexity index is 849. The molecule has 0 radical (unpaired) electrons. The minimum absolute atomic E-state index is 0.0861. The summed E-state index contributed by atoms with van der Waals surface area (Å²) < 4.78 is 10.4. The highest BCUT2D eigenvalue weighted by atomic mass is 16.6. The molecule has 9 heteroatoms. The number of likely N-dealkylation sites (N-methyl/N-ethyl adjacent to an activating group) is 1. The summed E-state index contributed by atoms with van der Waals surface area (Å²) in [4.78, 5) is 54.8. The fourth-order valence-electron chi connectivity index (χ4n) is 4.09. The van der Waals surface area contributed by atoms with Crippen molar-refractivity contribution in [3.63, 3.8) is 0 Å². The van der Waals surface area contributed by atoms with Gasteiger partial charge in [-0.1, -0.05) is 18.2 Å². The van der Waals surface area contributed by atoms with E-state index < -0.39 is 17.4 Å². The van der Waals surface area contributed by atoms with Gasteiger partial charge in [0, 0.05) is 51.6 Å². The largest absolute Gasteiger partial charge is 0.496 e. The van der Waals surface area contributed by atoms with E-state index in [-0.39, 0.29) is 24.7 Å². The molecule has 2 heterocycles. The van der Waals surface area contributed by atoms with Crippen molar-refractivity contribution in [2.75, 3.05) is 46.9 Å². The second-order valence-corrected chi connectivity index (χ2v) is 7.46. The van der Waals surface area contributed by atoms with Gasteiger partial charge < -0.3 is 19.3 Å². The molecule has 3 rings (SSSR count). The van der Waals surface area contributed by atoms with E-state index >= 15 is 0 Å². The van der Waals surface area contributed by atoms with Crippen LogP contribution in [-0.4, -0.2) is 85.5 Å². The molecule has 2 saturated heterocycles. The van der Waals surface area contributed by atoms with Crippen LogP contribution in [0.15, 0.2) is 24.3 Å². The monoisotopic (exact) mass is 417 g/mol. The van der Waals surface area contributed by atoms with Crippen molar-refractivity contribution in [2.45, 2.75) is 25.2 Å². The Morgan fingerprint density at radius 3 is 2.27 bits per heavy atom. The normalized spacial score (nSPS) is 21.8. The first-order valence-electron chi connectivity index (χ1n) is 9.98. The van der Waals surface area contributed by atoms with Crippen molar-refractivity contribution in [3.05, 3.63) is 29.8 Å². The van der Waals surface area contributed by atoms with Gasteiger partial charge in [-0.15, -0.1) is 0 Å². The van der Waals surface area contributed by atoms with Crippen molar-refractivity contribution < 1.29 is 28.7 Å². The number of benzene rings is 1. The van der Waals surface area contributed by atoms with E-state index in [0.29, 0.717) is 44.1 Å². The molecule has 162 valence electrons. The number of hydrogen-bond donors (Lipinski definition) is 0. The minimum atomic E-state index is -1.30. The van der Waals surface area contributed by atoms with Gasteiger partial charge in [-0.3, -0.25) is 19.3 Å². The predicted octanol–water partition coefficient (Wildman–Crippen LogP) is 1.01. The van der Waals surface area contributed by atoms with Crippen LogP contribution < -0.4 is 4.74 Å². The zero-order chi connectivity index (χ0) is 21.9. The van der Waals surface area contributed by atoms with Crippen molar-refractivity contribution in [3.8, 4) is 5.75 Å². The zero-order valence-electron chi connectivity index (χ0n) is 17.6. The summed E-state index contributed by atoms with van der Waals surface area (Å²) in [6.45, 7) is 3.45. The Morgan fingerprint density at radius 2 is 1.70 bits per heavy atom. The molecule has 9 nitrogen and oxygen atoms in total. The van der Waals surface area contributed by atoms with E-state index in [9.17, 15) is 19.2 Å². The van der Waals surface area contributed by atoms with Crippen LogP contribution in [0.2, 0.25) is 0 Å². The first-order chi connectivity index (χ1) is 14.3. The highest BCUT2D eigenvalue weighted by Gasteiger charge is 2.54. The Balaban J connectivity index is 1.82. The van der Waals surface area contributed by atoms with Crippen LogP contribution in [0.3, 0.4) is 0 Å². The molecule has 2 fully saturated rings. The summed E-state index contributed by atoms with van der Waals surface area (Å²) in [6.07, 6.45) is -0.618. The zero-order valence-corrected chi connectivity index (χ0v) is 17.6. The third-order valence-corrected chi connectivity index (χ3v) is 5.78. The fourth-order valence-corrected chi connectivity index (χ4v) is 4.09. The van der Waals surface area contributed by atoms with E-state index in [1.54, 1.807) is 41.0 Å². The smallest absolute Gasteiger partial charge is 0.409 e. The number of methoxy groups -OCH3 is 1. The van der Waals surface area contributed by atoms with E-state index in [4.69, 9.17) is 9.47 Å². The van der Waals surface area contributed by atoms with Gasteiger partial charge in [0.2, 0.25) is 17.7 Å². The molecule has 1 atom stereocenters. The number of rotatable bonds is 5. The quantitative estimate of drug-likeness (QED) is 0.664. The van der Waals surface area contributed by atoms with E-state index in [0.717, 1.165) is 4.90 Å². The molecule has 1 aromatic rings. The summed E-state index contributed by atoms with van der Waals surface area (Å²) >= 11 is 0. The van der Waals surface area contributed by atoms with Crippen LogP contribution in [0.5, 0.6) is 5.75 Å². The molecule has 4 amide bonds. The van der Waals surface area contributed by atoms with Crippen LogP contribution in [-0.2, 0) is 24.5 Å². The van der Waals surface area contributed by atoms with Gasteiger partial charge in [-0.2, -0.15) is 0 Å². The number of likely N-dealkylation sites (tertiary alicyclic amines) is 1. The Labute approximate surface area is 175 Å². The van der Waals surface area contributed by atoms with Crippen LogP contribution in [0.25, 0.3) is 0 Å². The third-order valence-electron chi connectivity index (χ3n) is 5.78. The average molecular weight is 417 g/mol. The molecule has 0 N–H and O–H groups in total. The van der Waals surface area contributed by atoms with Crippen molar-refractivity contribution >= 4 is 23.8 Å². The maximum Gasteiger partial charge on any atom is 0.409 e. The number of carbonyl (C=O) groups excluding carboxylic acids is 4. The molecule has 0 saturated carbocycles. The molecule has 0 aliphatic carbocycles. The van der Waals surface area contributed by atoms with Crippen LogP contribution in [0, 0.1) is 0 Å². The molecular formula is C21H27N3O6. The number of ether oxygens (including phenoxy) is 2. The maximum absolute atomic E-state index is 13.2. The SMILES string of the molecule is CCOC(=O)N1CCN(C(=O)C[C@]2(c3ccccc3OC)CC(=O)N(C)C2=O)CC1. The summed E-state index contributed by atoms with van der Waals surface area (Å²) in [5.41, 5.74) is -0.762. The number of hydrogen-bond acceptors (Lipinski definition) is 6. The summed E-state index contributed by atoms with van der Waals surface area (Å²) in [7, 11) is 2.93. The van der Waals surface area contributed by atoms with Gasteiger partial charge in [-0.25, -0.2) is 4.79 Å². The number of piperazine rings is 1. The minimum Gasteiger partial charge on any atom is -0.496 e. The van der Waals surface area contributed by atoms with Crippen LogP contribution in [0.1, 0.15) is 25.3 Å². The Hall–Kier alpha value is -3.10. The number of nitrogens with zero attached hydrogens (tertiary/aromatic N) is 3. The lowest BCUT2D eigenvalue weighted by Crippen LogP contribution is -2.52. The van der Waals surface area contributed by atoms with E-state index in [2.05, 4.69) is 0 Å². The number of amides is 4. The molecule has 1 aromatic carbocycles. The molecule has 0 bridgehead atoms. The van der Waals surface area contributed by atoms with Crippen molar-refractivity contribution in [1.82, 2.24) is 14.7 Å². The molecule has 0 spiro atoms. The topological polar surface area (TPSA) is 96.5 Å². The fraction of sp³-hybridized carbons (Fsp3) is 0.524. The number of para-hydroxylation sites is 1. The molecule has 2 aliphatic rings. The van der Waals surface area contributed by atoms with Crippen molar-refractivity contribution in [2.24, 2.45) is 0 Å². The Morgan fingerprint density at radius 1 is 1.07 bits per heavy atom. The summed E-state index contributed by atoms with van der Waals surface area (Å²) in [5.74, 6) is -0.504. The summed E-state index contributed by atoms with van der Waals surface area (Å²) in [6, 6.07) is 6.99. The first kappa shape index (κ1) is 21.6.